The van der Waals surface area contributed by atoms with Crippen molar-refractivity contribution in [3.05, 3.63) is 39.6 Å². The summed E-state index contributed by atoms with van der Waals surface area (Å²) in [6, 6.07) is 5.42. The molecule has 0 atom stereocenters. The van der Waals surface area contributed by atoms with Gasteiger partial charge >= 0.3 is 0 Å². The lowest BCUT2D eigenvalue weighted by molar-refractivity contribution is 0.0395. The third-order valence-corrected chi connectivity index (χ3v) is 6.47. The van der Waals surface area contributed by atoms with Crippen molar-refractivity contribution in [2.75, 3.05) is 37.7 Å². The van der Waals surface area contributed by atoms with E-state index in [1.54, 1.807) is 6.07 Å². The quantitative estimate of drug-likeness (QED) is 0.682. The van der Waals surface area contributed by atoms with E-state index in [1.165, 1.54) is 0 Å². The van der Waals surface area contributed by atoms with E-state index in [-0.39, 0.29) is 12.0 Å². The van der Waals surface area contributed by atoms with E-state index in [0.29, 0.717) is 52.6 Å². The Morgan fingerprint density at radius 2 is 1.97 bits per heavy atom. The summed E-state index contributed by atoms with van der Waals surface area (Å²) in [5.41, 5.74) is 8.69. The van der Waals surface area contributed by atoms with E-state index in [9.17, 15) is 5.11 Å². The van der Waals surface area contributed by atoms with Gasteiger partial charge in [-0.1, -0.05) is 35.3 Å². The molecule has 1 aliphatic heterocycles. The maximum atomic E-state index is 9.97. The van der Waals surface area contributed by atoms with E-state index in [4.69, 9.17) is 43.6 Å². The Kier molecular flexibility index (Phi) is 7.35. The standard InChI is InChI=1S/C21H28Cl2N4O2/c1-3-29-13-21(12-24)7-9-27(10-8-21)20-17(11-28)26-19(14(2)25-20)15-5-4-6-16(22)18(15)23/h4-6,28H,3,7-13,24H2,1-2H3. The van der Waals surface area contributed by atoms with Gasteiger partial charge in [0.05, 0.1) is 34.6 Å². The van der Waals surface area contributed by atoms with Crippen LogP contribution in [0.4, 0.5) is 5.82 Å². The summed E-state index contributed by atoms with van der Waals surface area (Å²) in [6.45, 7) is 7.25. The third-order valence-electron chi connectivity index (χ3n) is 5.65. The number of aryl methyl sites for hydroxylation is 1. The summed E-state index contributed by atoms with van der Waals surface area (Å²) >= 11 is 12.5. The number of piperidine rings is 1. The molecule has 6 nitrogen and oxygen atoms in total. The van der Waals surface area contributed by atoms with Crippen molar-refractivity contribution in [2.24, 2.45) is 11.1 Å². The van der Waals surface area contributed by atoms with Crippen molar-refractivity contribution in [2.45, 2.75) is 33.3 Å². The molecule has 0 unspecified atom stereocenters. The van der Waals surface area contributed by atoms with E-state index in [2.05, 4.69) is 4.90 Å². The highest BCUT2D eigenvalue weighted by Gasteiger charge is 2.35. The molecule has 3 rings (SSSR count). The number of aliphatic hydroxyl groups is 1. The first-order chi connectivity index (χ1) is 13.9. The number of aromatic nitrogens is 2. The van der Waals surface area contributed by atoms with Crippen molar-refractivity contribution in [1.29, 1.82) is 0 Å². The van der Waals surface area contributed by atoms with Crippen LogP contribution in [0.25, 0.3) is 11.3 Å². The predicted molar refractivity (Wildman–Crippen MR) is 118 cm³/mol. The minimum absolute atomic E-state index is 0.00259. The fourth-order valence-electron chi connectivity index (χ4n) is 3.76. The molecule has 1 aliphatic rings. The zero-order valence-corrected chi connectivity index (χ0v) is 18.4. The average Bonchev–Trinajstić information content (AvgIpc) is 2.74. The Morgan fingerprint density at radius 1 is 1.24 bits per heavy atom. The smallest absolute Gasteiger partial charge is 0.153 e. The summed E-state index contributed by atoms with van der Waals surface area (Å²) in [4.78, 5) is 11.7. The number of hydrogen-bond acceptors (Lipinski definition) is 6. The topological polar surface area (TPSA) is 84.5 Å². The van der Waals surface area contributed by atoms with Crippen LogP contribution in [0, 0.1) is 12.3 Å². The van der Waals surface area contributed by atoms with Crippen LogP contribution < -0.4 is 10.6 Å². The molecular formula is C21H28Cl2N4O2. The molecule has 0 radical (unpaired) electrons. The molecule has 1 fully saturated rings. The largest absolute Gasteiger partial charge is 0.390 e. The maximum Gasteiger partial charge on any atom is 0.153 e. The van der Waals surface area contributed by atoms with Crippen LogP contribution in [0.15, 0.2) is 18.2 Å². The first-order valence-electron chi connectivity index (χ1n) is 9.90. The van der Waals surface area contributed by atoms with Crippen molar-refractivity contribution in [3.8, 4) is 11.3 Å². The van der Waals surface area contributed by atoms with Gasteiger partial charge in [0.2, 0.25) is 0 Å². The molecule has 3 N–H and O–H groups in total. The highest BCUT2D eigenvalue weighted by Crippen LogP contribution is 2.37. The first-order valence-corrected chi connectivity index (χ1v) is 10.7. The lowest BCUT2D eigenvalue weighted by Gasteiger charge is -2.41. The summed E-state index contributed by atoms with van der Waals surface area (Å²) in [5, 5.41) is 10.9. The molecule has 158 valence electrons. The molecule has 2 heterocycles. The second-order valence-corrected chi connectivity index (χ2v) is 8.30. The van der Waals surface area contributed by atoms with E-state index in [0.717, 1.165) is 31.6 Å². The molecule has 0 aliphatic carbocycles. The van der Waals surface area contributed by atoms with Crippen LogP contribution in [-0.2, 0) is 11.3 Å². The number of benzene rings is 1. The fourth-order valence-corrected chi connectivity index (χ4v) is 4.15. The van der Waals surface area contributed by atoms with Gasteiger partial charge in [0.1, 0.15) is 5.69 Å². The number of nitrogens with zero attached hydrogens (tertiary/aromatic N) is 3. The Hall–Kier alpha value is -1.44. The normalized spacial score (nSPS) is 16.3. The van der Waals surface area contributed by atoms with Crippen LogP contribution in [0.3, 0.4) is 0 Å². The molecule has 1 saturated heterocycles. The number of halogens is 2. The van der Waals surface area contributed by atoms with Gasteiger partial charge in [-0.3, -0.25) is 0 Å². The van der Waals surface area contributed by atoms with Gasteiger partial charge in [-0.05, 0) is 32.8 Å². The summed E-state index contributed by atoms with van der Waals surface area (Å²) in [5.74, 6) is 0.717. The van der Waals surface area contributed by atoms with Crippen molar-refractivity contribution >= 4 is 29.0 Å². The van der Waals surface area contributed by atoms with Crippen LogP contribution in [0.5, 0.6) is 0 Å². The van der Waals surface area contributed by atoms with Gasteiger partial charge in [-0.25, -0.2) is 9.97 Å². The van der Waals surface area contributed by atoms with Crippen LogP contribution in [0.1, 0.15) is 31.2 Å². The zero-order valence-electron chi connectivity index (χ0n) is 16.9. The minimum Gasteiger partial charge on any atom is -0.390 e. The van der Waals surface area contributed by atoms with E-state index < -0.39 is 0 Å². The molecule has 29 heavy (non-hydrogen) atoms. The lowest BCUT2D eigenvalue weighted by atomic mass is 9.79. The van der Waals surface area contributed by atoms with Gasteiger partial charge in [-0.2, -0.15) is 0 Å². The second kappa shape index (κ2) is 9.58. The molecule has 0 amide bonds. The van der Waals surface area contributed by atoms with Crippen LogP contribution in [-0.4, -0.2) is 47.9 Å². The Balaban J connectivity index is 1.88. The highest BCUT2D eigenvalue weighted by molar-refractivity contribution is 6.43. The molecule has 1 aromatic heterocycles. The second-order valence-electron chi connectivity index (χ2n) is 7.52. The van der Waals surface area contributed by atoms with Crippen molar-refractivity contribution < 1.29 is 9.84 Å². The van der Waals surface area contributed by atoms with Crippen LogP contribution >= 0.6 is 23.2 Å². The van der Waals surface area contributed by atoms with Gasteiger partial charge in [0.15, 0.2) is 5.82 Å². The number of aliphatic hydroxyl groups excluding tert-OH is 1. The summed E-state index contributed by atoms with van der Waals surface area (Å²) < 4.78 is 5.67. The summed E-state index contributed by atoms with van der Waals surface area (Å²) in [6.07, 6.45) is 1.83. The first kappa shape index (κ1) is 22.2. The molecule has 0 bridgehead atoms. The number of rotatable bonds is 7. The Bertz CT molecular complexity index is 855. The highest BCUT2D eigenvalue weighted by atomic mass is 35.5. The van der Waals surface area contributed by atoms with Gasteiger partial charge in [0, 0.05) is 37.2 Å². The number of nitrogens with two attached hydrogens (primary N) is 1. The van der Waals surface area contributed by atoms with Gasteiger partial charge in [0.25, 0.3) is 0 Å². The van der Waals surface area contributed by atoms with Gasteiger partial charge in [-0.15, -0.1) is 0 Å². The number of hydrogen-bond donors (Lipinski definition) is 2. The summed E-state index contributed by atoms with van der Waals surface area (Å²) in [7, 11) is 0. The van der Waals surface area contributed by atoms with Crippen LogP contribution in [0.2, 0.25) is 10.0 Å². The number of anilines is 1. The maximum absolute atomic E-state index is 9.97. The predicted octanol–water partition coefficient (Wildman–Crippen LogP) is 3.83. The molecule has 0 saturated carbocycles. The van der Waals surface area contributed by atoms with E-state index >= 15 is 0 Å². The van der Waals surface area contributed by atoms with Crippen molar-refractivity contribution in [3.63, 3.8) is 0 Å². The molecule has 1 aromatic carbocycles. The van der Waals surface area contributed by atoms with E-state index in [1.807, 2.05) is 26.0 Å². The Morgan fingerprint density at radius 3 is 2.59 bits per heavy atom. The molecule has 0 spiro atoms. The number of ether oxygens (including phenoxy) is 1. The molecule has 8 heteroatoms. The molecule has 2 aromatic rings. The lowest BCUT2D eigenvalue weighted by Crippen LogP contribution is -2.47. The minimum atomic E-state index is -0.203. The molecular weight excluding hydrogens is 411 g/mol. The third kappa shape index (κ3) is 4.67. The SMILES string of the molecule is CCOCC1(CN)CCN(c2nc(C)c(-c3cccc(Cl)c3Cl)nc2CO)CC1. The Labute approximate surface area is 182 Å². The van der Waals surface area contributed by atoms with Gasteiger partial charge < -0.3 is 20.5 Å². The average molecular weight is 439 g/mol. The van der Waals surface area contributed by atoms with Crippen molar-refractivity contribution in [1.82, 2.24) is 9.97 Å². The monoisotopic (exact) mass is 438 g/mol. The zero-order chi connectivity index (χ0) is 21.0. The fraction of sp³-hybridized carbons (Fsp3) is 0.524.